The van der Waals surface area contributed by atoms with Gasteiger partial charge in [0.05, 0.1) is 11.4 Å². The van der Waals surface area contributed by atoms with Gasteiger partial charge in [-0.2, -0.15) is 5.10 Å². The fourth-order valence-electron chi connectivity index (χ4n) is 2.76. The van der Waals surface area contributed by atoms with E-state index in [9.17, 15) is 4.79 Å². The first kappa shape index (κ1) is 17.0. The summed E-state index contributed by atoms with van der Waals surface area (Å²) < 4.78 is 6.76. The number of carbonyl (C=O) groups is 1. The van der Waals surface area contributed by atoms with Crippen molar-refractivity contribution in [1.29, 1.82) is 0 Å². The van der Waals surface area contributed by atoms with Gasteiger partial charge < -0.3 is 9.84 Å². The van der Waals surface area contributed by atoms with Crippen molar-refractivity contribution >= 4 is 11.7 Å². The Morgan fingerprint density at radius 3 is 2.40 bits per heavy atom. The lowest BCUT2D eigenvalue weighted by Gasteiger charge is -2.16. The molecule has 1 amide bonds. The molecule has 0 aliphatic heterocycles. The van der Waals surface area contributed by atoms with E-state index in [1.165, 1.54) is 0 Å². The van der Waals surface area contributed by atoms with E-state index in [1.807, 2.05) is 37.3 Å². The van der Waals surface area contributed by atoms with Gasteiger partial charge >= 0.3 is 0 Å². The molecular weight excluding hydrogens is 316 g/mol. The van der Waals surface area contributed by atoms with Gasteiger partial charge in [0.2, 0.25) is 0 Å². The van der Waals surface area contributed by atoms with Gasteiger partial charge in [-0.25, -0.2) is 4.68 Å². The Hall–Kier alpha value is -2.89. The summed E-state index contributed by atoms with van der Waals surface area (Å²) in [4.78, 5) is 12.5. The summed E-state index contributed by atoms with van der Waals surface area (Å²) in [5, 5.41) is 11.5. The minimum atomic E-state index is -0.322. The van der Waals surface area contributed by atoms with Crippen LogP contribution in [-0.4, -0.2) is 20.8 Å². The predicted molar refractivity (Wildman–Crippen MR) is 96.2 cm³/mol. The molecule has 0 aliphatic carbocycles. The lowest BCUT2D eigenvalue weighted by atomic mass is 9.90. The molecule has 0 saturated heterocycles. The van der Waals surface area contributed by atoms with Crippen LogP contribution >= 0.6 is 0 Å². The zero-order chi connectivity index (χ0) is 18.2. The molecule has 6 heteroatoms. The fourth-order valence-corrected chi connectivity index (χ4v) is 2.76. The largest absolute Gasteiger partial charge is 0.361 e. The number of anilines is 1. The molecule has 0 unspecified atom stereocenters. The lowest BCUT2D eigenvalue weighted by molar-refractivity contribution is 0.101. The first-order valence-corrected chi connectivity index (χ1v) is 8.17. The second kappa shape index (κ2) is 6.20. The van der Waals surface area contributed by atoms with E-state index in [4.69, 9.17) is 9.62 Å². The van der Waals surface area contributed by atoms with Crippen LogP contribution in [0.5, 0.6) is 0 Å². The first-order chi connectivity index (χ1) is 11.8. The van der Waals surface area contributed by atoms with Gasteiger partial charge in [-0.05, 0) is 26.0 Å². The highest BCUT2D eigenvalue weighted by Gasteiger charge is 2.26. The monoisotopic (exact) mass is 338 g/mol. The Balaban J connectivity index is 2.07. The molecular formula is C19H22N4O2. The van der Waals surface area contributed by atoms with Crippen molar-refractivity contribution in [3.05, 3.63) is 59.1 Å². The summed E-state index contributed by atoms with van der Waals surface area (Å²) in [7, 11) is 0. The number of hydrogen-bond acceptors (Lipinski definition) is 4. The van der Waals surface area contributed by atoms with Gasteiger partial charge in [-0.3, -0.25) is 4.79 Å². The van der Waals surface area contributed by atoms with Gasteiger partial charge in [-0.1, -0.05) is 44.1 Å². The van der Waals surface area contributed by atoms with Crippen LogP contribution in [0.15, 0.2) is 40.9 Å². The SMILES string of the molecule is Cc1cc(C(=O)Nc2c(C)c(C(C)(C)C)nn2-c2ccccc2)no1. The Bertz CT molecular complexity index is 901. The van der Waals surface area contributed by atoms with E-state index >= 15 is 0 Å². The van der Waals surface area contributed by atoms with Crippen LogP contribution in [0.4, 0.5) is 5.82 Å². The van der Waals surface area contributed by atoms with Gasteiger partial charge in [0.1, 0.15) is 11.6 Å². The predicted octanol–water partition coefficient (Wildman–Crippen LogP) is 4.03. The topological polar surface area (TPSA) is 73.0 Å². The molecule has 0 spiro atoms. The van der Waals surface area contributed by atoms with Crippen LogP contribution in [0.3, 0.4) is 0 Å². The molecule has 0 aliphatic rings. The van der Waals surface area contributed by atoms with Crippen LogP contribution in [0, 0.1) is 13.8 Å². The summed E-state index contributed by atoms with van der Waals surface area (Å²) in [6, 6.07) is 11.3. The zero-order valence-electron chi connectivity index (χ0n) is 15.1. The maximum absolute atomic E-state index is 12.5. The van der Waals surface area contributed by atoms with Crippen molar-refractivity contribution in [3.8, 4) is 5.69 Å². The number of aryl methyl sites for hydroxylation is 1. The Kier molecular flexibility index (Phi) is 4.20. The summed E-state index contributed by atoms with van der Waals surface area (Å²) in [5.74, 6) is 0.910. The molecule has 3 aromatic rings. The van der Waals surface area contributed by atoms with Gasteiger partial charge in [0.15, 0.2) is 5.69 Å². The summed E-state index contributed by atoms with van der Waals surface area (Å²) in [5.41, 5.74) is 2.85. The fraction of sp³-hybridized carbons (Fsp3) is 0.316. The molecule has 2 heterocycles. The number of amides is 1. The molecule has 1 N–H and O–H groups in total. The van der Waals surface area contributed by atoms with Crippen LogP contribution < -0.4 is 5.32 Å². The van der Waals surface area contributed by atoms with Crippen molar-refractivity contribution in [1.82, 2.24) is 14.9 Å². The highest BCUT2D eigenvalue weighted by atomic mass is 16.5. The summed E-state index contributed by atoms with van der Waals surface area (Å²) in [6.45, 7) is 10.0. The molecule has 0 saturated carbocycles. The number of hydrogen-bond donors (Lipinski definition) is 1. The van der Waals surface area contributed by atoms with Gasteiger partial charge in [0.25, 0.3) is 5.91 Å². The van der Waals surface area contributed by atoms with E-state index in [-0.39, 0.29) is 17.0 Å². The molecule has 6 nitrogen and oxygen atoms in total. The third-order valence-corrected chi connectivity index (χ3v) is 3.93. The van der Waals surface area contributed by atoms with Crippen molar-refractivity contribution in [2.24, 2.45) is 0 Å². The molecule has 25 heavy (non-hydrogen) atoms. The quantitative estimate of drug-likeness (QED) is 0.782. The normalized spacial score (nSPS) is 11.6. The van der Waals surface area contributed by atoms with Crippen molar-refractivity contribution in [3.63, 3.8) is 0 Å². The van der Waals surface area contributed by atoms with Crippen molar-refractivity contribution < 1.29 is 9.32 Å². The van der Waals surface area contributed by atoms with E-state index in [2.05, 4.69) is 31.2 Å². The molecule has 0 fully saturated rings. The number of benzene rings is 1. The molecule has 3 rings (SSSR count). The number of para-hydroxylation sites is 1. The summed E-state index contributed by atoms with van der Waals surface area (Å²) in [6.07, 6.45) is 0. The second-order valence-electron chi connectivity index (χ2n) is 7.10. The minimum absolute atomic E-state index is 0.145. The molecule has 1 aromatic carbocycles. The Labute approximate surface area is 146 Å². The van der Waals surface area contributed by atoms with E-state index in [0.29, 0.717) is 11.6 Å². The van der Waals surface area contributed by atoms with Gasteiger partial charge in [-0.15, -0.1) is 0 Å². The number of aromatic nitrogens is 3. The second-order valence-corrected chi connectivity index (χ2v) is 7.10. The molecule has 130 valence electrons. The number of carbonyl (C=O) groups excluding carboxylic acids is 1. The third kappa shape index (κ3) is 3.33. The van der Waals surface area contributed by atoms with Gasteiger partial charge in [0, 0.05) is 17.0 Å². The van der Waals surface area contributed by atoms with Crippen LogP contribution in [0.2, 0.25) is 0 Å². The van der Waals surface area contributed by atoms with Crippen molar-refractivity contribution in [2.45, 2.75) is 40.0 Å². The zero-order valence-corrected chi connectivity index (χ0v) is 15.1. The van der Waals surface area contributed by atoms with Crippen LogP contribution in [-0.2, 0) is 5.41 Å². The number of nitrogens with one attached hydrogen (secondary N) is 1. The molecule has 0 atom stereocenters. The van der Waals surface area contributed by atoms with E-state index in [1.54, 1.807) is 17.7 Å². The number of nitrogens with zero attached hydrogens (tertiary/aromatic N) is 3. The van der Waals surface area contributed by atoms with Crippen LogP contribution in [0.1, 0.15) is 48.3 Å². The highest BCUT2D eigenvalue weighted by molar-refractivity contribution is 6.03. The maximum atomic E-state index is 12.5. The molecule has 2 aromatic heterocycles. The average Bonchev–Trinajstić information content (AvgIpc) is 3.13. The lowest BCUT2D eigenvalue weighted by Crippen LogP contribution is -2.16. The summed E-state index contributed by atoms with van der Waals surface area (Å²) >= 11 is 0. The molecule has 0 bridgehead atoms. The van der Waals surface area contributed by atoms with Crippen LogP contribution in [0.25, 0.3) is 5.69 Å². The van der Waals surface area contributed by atoms with E-state index in [0.717, 1.165) is 16.9 Å². The number of rotatable bonds is 3. The Morgan fingerprint density at radius 2 is 1.84 bits per heavy atom. The third-order valence-electron chi connectivity index (χ3n) is 3.93. The standard InChI is InChI=1S/C19H22N4O2/c1-12-11-15(22-25-12)18(24)20-17-13(2)16(19(3,4)5)21-23(17)14-9-7-6-8-10-14/h6-11H,1-5H3,(H,20,24). The average molecular weight is 338 g/mol. The van der Waals surface area contributed by atoms with E-state index < -0.39 is 0 Å². The smallest absolute Gasteiger partial charge is 0.279 e. The van der Waals surface area contributed by atoms with Crippen molar-refractivity contribution in [2.75, 3.05) is 5.32 Å². The highest BCUT2D eigenvalue weighted by Crippen LogP contribution is 2.31. The molecule has 0 radical (unpaired) electrons. The maximum Gasteiger partial charge on any atom is 0.279 e. The Morgan fingerprint density at radius 1 is 1.16 bits per heavy atom. The minimum Gasteiger partial charge on any atom is -0.361 e. The first-order valence-electron chi connectivity index (χ1n) is 8.17.